The Kier molecular flexibility index (Phi) is 0.980. The molecule has 0 aromatic heterocycles. The van der Waals surface area contributed by atoms with Gasteiger partial charge in [-0.1, -0.05) is 0 Å². The van der Waals surface area contributed by atoms with E-state index in [1.165, 1.54) is 0 Å². The van der Waals surface area contributed by atoms with E-state index in [0.717, 1.165) is 0 Å². The molecule has 1 aliphatic rings. The van der Waals surface area contributed by atoms with Gasteiger partial charge in [0.1, 0.15) is 0 Å². The Labute approximate surface area is 53.0 Å². The average molecular weight is 117 g/mol. The van der Waals surface area contributed by atoms with Crippen molar-refractivity contribution >= 4 is 0 Å². The van der Waals surface area contributed by atoms with Gasteiger partial charge in [0.25, 0.3) is 0 Å². The van der Waals surface area contributed by atoms with Crippen molar-refractivity contribution in [2.24, 2.45) is 0 Å². The Hall–Kier alpha value is -0.0800. The van der Waals surface area contributed by atoms with Crippen molar-refractivity contribution in [2.45, 2.75) is 19.4 Å². The van der Waals surface area contributed by atoms with Gasteiger partial charge in [-0.15, -0.1) is 0 Å². The molecule has 0 saturated carbocycles. The molecule has 1 fully saturated rings. The molecule has 48 valence electrons. The second kappa shape index (κ2) is 2.03. The van der Waals surface area contributed by atoms with Crippen LogP contribution in [-0.2, 0) is 4.74 Å². The van der Waals surface area contributed by atoms with Crippen molar-refractivity contribution in [3.8, 4) is 0 Å². The zero-order valence-corrected chi connectivity index (χ0v) is 5.32. The molecule has 1 heterocycles. The maximum absolute atomic E-state index is 7.46. The quantitative estimate of drug-likeness (QED) is 0.495. The highest BCUT2D eigenvalue weighted by Gasteiger charge is 2.20. The molecule has 2 nitrogen and oxygen atoms in total. The highest BCUT2D eigenvalue weighted by molar-refractivity contribution is 4.75. The lowest BCUT2D eigenvalue weighted by Gasteiger charge is -2.30. The molecule has 0 atom stereocenters. The van der Waals surface area contributed by atoms with Crippen LogP contribution in [0.2, 0.25) is 0 Å². The van der Waals surface area contributed by atoms with Crippen LogP contribution in [-0.4, -0.2) is 25.2 Å². The van der Waals surface area contributed by atoms with Gasteiger partial charge in [-0.25, -0.2) is 0 Å². The summed E-state index contributed by atoms with van der Waals surface area (Å²) >= 11 is 0. The molecule has 0 aromatic rings. The van der Waals surface area contributed by atoms with Crippen LogP contribution in [0.15, 0.2) is 0 Å². The van der Waals surface area contributed by atoms with Gasteiger partial charge in [0, 0.05) is 15.8 Å². The maximum atomic E-state index is 7.46. The van der Waals surface area contributed by atoms with Crippen LogP contribution >= 0.6 is 0 Å². The first kappa shape index (κ1) is 3.85. The summed E-state index contributed by atoms with van der Waals surface area (Å²) in [6.45, 7) is 3.28. The summed E-state index contributed by atoms with van der Waals surface area (Å²) in [5.74, 6) is 0. The van der Waals surface area contributed by atoms with Gasteiger partial charge in [0.05, 0.1) is 12.2 Å². The summed E-state index contributed by atoms with van der Waals surface area (Å²) in [5, 5.41) is 2.76. The Morgan fingerprint density at radius 2 is 2.50 bits per heavy atom. The van der Waals surface area contributed by atoms with Crippen LogP contribution in [0.1, 0.15) is 16.6 Å². The second-order valence-corrected chi connectivity index (χ2v) is 2.41. The molecule has 1 N–H and O–H groups in total. The van der Waals surface area contributed by atoms with Crippen LogP contribution in [0.3, 0.4) is 0 Å². The van der Waals surface area contributed by atoms with Crippen molar-refractivity contribution in [2.75, 3.05) is 19.6 Å². The topological polar surface area (TPSA) is 21.3 Å². The molecule has 0 aliphatic carbocycles. The highest BCUT2D eigenvalue weighted by Crippen LogP contribution is 2.08. The largest absolute Gasteiger partial charge is 0.373 e. The van der Waals surface area contributed by atoms with Crippen molar-refractivity contribution < 1.29 is 7.48 Å². The fourth-order valence-corrected chi connectivity index (χ4v) is 0.669. The van der Waals surface area contributed by atoms with Crippen LogP contribution in [0.5, 0.6) is 0 Å². The Morgan fingerprint density at radius 3 is 2.88 bits per heavy atom. The Balaban J connectivity index is 2.70. The molecule has 0 radical (unpaired) electrons. The predicted octanol–water partition coefficient (Wildman–Crippen LogP) is 0.385. The van der Waals surface area contributed by atoms with Crippen molar-refractivity contribution in [1.29, 1.82) is 0 Å². The van der Waals surface area contributed by atoms with E-state index >= 15 is 0 Å². The molecule has 2 heteroatoms. The van der Waals surface area contributed by atoms with Crippen molar-refractivity contribution in [1.82, 2.24) is 5.32 Å². The predicted molar refractivity (Wildman–Crippen MR) is 32.9 cm³/mol. The molecule has 0 spiro atoms. The summed E-state index contributed by atoms with van der Waals surface area (Å²) in [7, 11) is 0. The van der Waals surface area contributed by atoms with Gasteiger partial charge in [-0.2, -0.15) is 0 Å². The van der Waals surface area contributed by atoms with Gasteiger partial charge in [0.2, 0.25) is 0 Å². The van der Waals surface area contributed by atoms with E-state index < -0.39 is 12.1 Å². The summed E-state index contributed by atoms with van der Waals surface area (Å²) < 4.78 is 20.2. The molecule has 1 saturated heterocycles. The third-order valence-electron chi connectivity index (χ3n) is 1.08. The van der Waals surface area contributed by atoms with Gasteiger partial charge < -0.3 is 10.1 Å². The standard InChI is InChI=1S/C6H13NO/c1-6(2)5-7-3-4-8-6/h7H,3-5H2,1-2H3/i5D2. The third-order valence-corrected chi connectivity index (χ3v) is 1.08. The van der Waals surface area contributed by atoms with E-state index in [-0.39, 0.29) is 0 Å². The van der Waals surface area contributed by atoms with Gasteiger partial charge in [-0.05, 0) is 13.8 Å². The Morgan fingerprint density at radius 1 is 1.75 bits per heavy atom. The summed E-state index contributed by atoms with van der Waals surface area (Å²) in [6.07, 6.45) is 0. The highest BCUT2D eigenvalue weighted by atomic mass is 16.5. The first-order valence-electron chi connectivity index (χ1n) is 3.85. The lowest BCUT2D eigenvalue weighted by Crippen LogP contribution is -2.45. The first-order valence-corrected chi connectivity index (χ1v) is 2.85. The summed E-state index contributed by atoms with van der Waals surface area (Å²) in [5.41, 5.74) is -0.703. The number of hydrogen-bond donors (Lipinski definition) is 1. The van der Waals surface area contributed by atoms with E-state index in [2.05, 4.69) is 5.32 Å². The zero-order valence-electron chi connectivity index (χ0n) is 7.32. The number of morpholine rings is 1. The van der Waals surface area contributed by atoms with E-state index in [0.29, 0.717) is 13.2 Å². The van der Waals surface area contributed by atoms with Gasteiger partial charge in [-0.3, -0.25) is 0 Å². The summed E-state index contributed by atoms with van der Waals surface area (Å²) in [6, 6.07) is 0. The SMILES string of the molecule is [2H]C1([2H])NCCOC1(C)C. The zero-order chi connectivity index (χ0) is 7.83. The molecular formula is C6H13NO. The molecule has 0 amide bonds. The molecule has 0 unspecified atom stereocenters. The average Bonchev–Trinajstić information content (AvgIpc) is 1.77. The van der Waals surface area contributed by atoms with Crippen LogP contribution in [0.25, 0.3) is 0 Å². The summed E-state index contributed by atoms with van der Waals surface area (Å²) in [4.78, 5) is 0. The number of hydrogen-bond acceptors (Lipinski definition) is 2. The third kappa shape index (κ3) is 1.46. The normalized spacial score (nSPS) is 37.8. The van der Waals surface area contributed by atoms with Crippen molar-refractivity contribution in [3.05, 3.63) is 0 Å². The second-order valence-electron chi connectivity index (χ2n) is 2.41. The minimum atomic E-state index is -1.40. The minimum Gasteiger partial charge on any atom is -0.373 e. The molecular weight excluding hydrogens is 102 g/mol. The Bertz CT molecular complexity index is 120. The number of nitrogens with one attached hydrogen (secondary N) is 1. The van der Waals surface area contributed by atoms with E-state index in [4.69, 9.17) is 7.48 Å². The van der Waals surface area contributed by atoms with E-state index in [1.807, 2.05) is 0 Å². The first-order chi connectivity index (χ1) is 4.46. The van der Waals surface area contributed by atoms with E-state index in [9.17, 15) is 0 Å². The van der Waals surface area contributed by atoms with Gasteiger partial charge in [0.15, 0.2) is 0 Å². The molecule has 1 aliphatic heterocycles. The minimum absolute atomic E-state index is 0.590. The monoisotopic (exact) mass is 117 g/mol. The fourth-order valence-electron chi connectivity index (χ4n) is 0.669. The molecule has 0 bridgehead atoms. The molecule has 8 heavy (non-hydrogen) atoms. The lowest BCUT2D eigenvalue weighted by atomic mass is 10.1. The number of rotatable bonds is 0. The smallest absolute Gasteiger partial charge is 0.0750 e. The van der Waals surface area contributed by atoms with Crippen molar-refractivity contribution in [3.63, 3.8) is 0 Å². The molecule has 1 rings (SSSR count). The fraction of sp³-hybridized carbons (Fsp3) is 1.00. The maximum Gasteiger partial charge on any atom is 0.0750 e. The lowest BCUT2D eigenvalue weighted by molar-refractivity contribution is -0.0384. The number of ether oxygens (including phenoxy) is 1. The van der Waals surface area contributed by atoms with E-state index in [1.54, 1.807) is 13.8 Å². The van der Waals surface area contributed by atoms with Crippen LogP contribution < -0.4 is 5.32 Å². The van der Waals surface area contributed by atoms with Crippen LogP contribution in [0, 0.1) is 0 Å². The van der Waals surface area contributed by atoms with Gasteiger partial charge >= 0.3 is 0 Å². The molecule has 0 aromatic carbocycles. The van der Waals surface area contributed by atoms with Crippen LogP contribution in [0.4, 0.5) is 0 Å².